The van der Waals surface area contributed by atoms with Crippen molar-refractivity contribution >= 4 is 51.7 Å². The first-order valence-corrected chi connectivity index (χ1v) is 24.6. The Balaban J connectivity index is 0.000000134. The summed E-state index contributed by atoms with van der Waals surface area (Å²) in [5.74, 6) is 1.27. The molecule has 0 fully saturated rings. The van der Waals surface area contributed by atoms with E-state index in [9.17, 15) is 29.7 Å². The Hall–Kier alpha value is -11.0. The van der Waals surface area contributed by atoms with E-state index in [0.29, 0.717) is 80.4 Å². The third kappa shape index (κ3) is 11.5. The number of hydrogen-bond acceptors (Lipinski definition) is 14. The summed E-state index contributed by atoms with van der Waals surface area (Å²) in [6, 6.07) is 48.4. The number of carbonyl (C=O) groups excluding carboxylic acids is 3. The molecule has 4 aliphatic heterocycles. The predicted octanol–water partition coefficient (Wildman–Crippen LogP) is 12.9. The number of nitrogens with zero attached hydrogens (tertiary/aromatic N) is 6. The number of fused-ring (bicyclic) bond motifs is 6. The van der Waals surface area contributed by atoms with Gasteiger partial charge in [-0.25, -0.2) is 19.6 Å². The number of amides is 1. The van der Waals surface area contributed by atoms with Gasteiger partial charge < -0.3 is 38.8 Å². The summed E-state index contributed by atoms with van der Waals surface area (Å²) in [6.45, 7) is 4.23. The summed E-state index contributed by atoms with van der Waals surface area (Å²) < 4.78 is 29.5. The fourth-order valence-corrected chi connectivity index (χ4v) is 8.45. The Morgan fingerprint density at radius 1 is 0.633 bits per heavy atom. The van der Waals surface area contributed by atoms with Gasteiger partial charge >= 0.3 is 17.8 Å². The zero-order valence-corrected chi connectivity index (χ0v) is 42.2. The number of carbonyl (C=O) groups is 3. The van der Waals surface area contributed by atoms with Gasteiger partial charge in [-0.15, -0.1) is 4.91 Å². The van der Waals surface area contributed by atoms with Crippen LogP contribution in [0.5, 0.6) is 23.0 Å². The minimum atomic E-state index is -0.814. The summed E-state index contributed by atoms with van der Waals surface area (Å²) in [6.07, 6.45) is 9.13. The van der Waals surface area contributed by atoms with Gasteiger partial charge in [0.05, 0.1) is 64.9 Å². The highest BCUT2D eigenvalue weighted by Crippen LogP contribution is 2.40. The second-order valence-corrected chi connectivity index (χ2v) is 17.3. The Kier molecular flexibility index (Phi) is 15.2. The standard InChI is InChI=1S/C21H16N2O4.C21H16N2O3.C19H13N3O4/c1-2-26-21(24)15-9-7-14(8-10-15)20-16-11-12-23(25)13-19(16)27-18-6-4-3-5-17(18)22-20;1-2-25-21(24)15-9-7-14(8-10-15)20-16-11-12-22-13-19(16)26-18-6-4-3-5-17(18)23-20;23-19(21-24)13-7-5-12(6-8-13)18-14-9-10-22(25)11-17(14)26-16-4-2-1-3-15(16)20-18/h3-13H,2H2,1H3;3-13H,2H2,1H3;1-11,20,25H. The predicted molar refractivity (Wildman–Crippen MR) is 294 cm³/mol. The van der Waals surface area contributed by atoms with Crippen LogP contribution in [0.4, 0.5) is 11.4 Å². The maximum absolute atomic E-state index is 11.9. The van der Waals surface area contributed by atoms with Crippen molar-refractivity contribution in [2.45, 2.75) is 13.8 Å². The SMILES string of the molecule is CCOC(=O)c1ccc(C2=Nc3ccccc3Oc3c[n+]([O-])ccc32)cc1.CCOC(=O)c1ccc(C2=Nc3ccccc3Oc3cnccc32)cc1.O=NC(=O)c1ccc(-c2[nH]c3ccccc3oc3cn(O)ccc2-3)cc1. The van der Waals surface area contributed by atoms with E-state index in [4.69, 9.17) is 33.3 Å². The summed E-state index contributed by atoms with van der Waals surface area (Å²) in [5, 5.41) is 23.9. The molecule has 4 aliphatic rings. The third-order valence-electron chi connectivity index (χ3n) is 12.2. The molecule has 0 unspecified atom stereocenters. The molecule has 390 valence electrons. The van der Waals surface area contributed by atoms with Crippen LogP contribution in [0.1, 0.15) is 67.2 Å². The molecule has 0 atom stereocenters. The van der Waals surface area contributed by atoms with Crippen LogP contribution in [0.15, 0.2) is 221 Å². The zero-order chi connectivity index (χ0) is 54.8. The number of nitroso groups, excluding NO2 is 1. The highest BCUT2D eigenvalue weighted by molar-refractivity contribution is 6.17. The van der Waals surface area contributed by atoms with E-state index >= 15 is 0 Å². The van der Waals surface area contributed by atoms with Crippen LogP contribution >= 0.6 is 0 Å². The number of para-hydroxylation sites is 6. The Morgan fingerprint density at radius 2 is 1.18 bits per heavy atom. The van der Waals surface area contributed by atoms with Crippen molar-refractivity contribution < 1.29 is 47.7 Å². The van der Waals surface area contributed by atoms with E-state index in [2.05, 4.69) is 15.1 Å². The highest BCUT2D eigenvalue weighted by Gasteiger charge is 2.24. The minimum Gasteiger partial charge on any atom is -0.619 e. The van der Waals surface area contributed by atoms with Crippen LogP contribution < -0.4 is 14.2 Å². The van der Waals surface area contributed by atoms with E-state index in [1.165, 1.54) is 24.8 Å². The van der Waals surface area contributed by atoms with Crippen molar-refractivity contribution in [3.05, 3.63) is 250 Å². The minimum absolute atomic E-state index is 0.219. The number of rotatable bonds is 8. The number of H-pyrrole nitrogens is 1. The number of nitrogens with one attached hydrogen (secondary N) is 1. The normalized spacial score (nSPS) is 11.7. The molecule has 0 saturated carbocycles. The van der Waals surface area contributed by atoms with Gasteiger partial charge in [0, 0.05) is 51.5 Å². The van der Waals surface area contributed by atoms with E-state index in [-0.39, 0.29) is 17.5 Å². The molecule has 18 heteroatoms. The smallest absolute Gasteiger partial charge is 0.338 e. The van der Waals surface area contributed by atoms with Gasteiger partial charge in [-0.05, 0) is 104 Å². The molecule has 0 radical (unpaired) electrons. The second-order valence-electron chi connectivity index (χ2n) is 17.3. The summed E-state index contributed by atoms with van der Waals surface area (Å²) in [5.41, 5.74) is 10.9. The number of aliphatic imine (C=N–C) groups is 2. The molecule has 1 amide bonds. The molecule has 12 rings (SSSR count). The number of hydrogen-bond donors (Lipinski definition) is 2. The van der Waals surface area contributed by atoms with Gasteiger partial charge in [-0.1, -0.05) is 72.8 Å². The number of aromatic nitrogens is 4. The zero-order valence-electron chi connectivity index (χ0n) is 42.2. The average molecular weight is 1050 g/mol. The number of pyridine rings is 3. The van der Waals surface area contributed by atoms with Crippen molar-refractivity contribution in [2.24, 2.45) is 15.2 Å². The lowest BCUT2D eigenvalue weighted by molar-refractivity contribution is -0.605. The number of esters is 2. The fourth-order valence-electron chi connectivity index (χ4n) is 8.45. The van der Waals surface area contributed by atoms with Gasteiger partial charge in [-0.2, -0.15) is 9.46 Å². The molecule has 6 aromatic carbocycles. The van der Waals surface area contributed by atoms with Crippen LogP contribution in [-0.2, 0) is 9.47 Å². The van der Waals surface area contributed by atoms with E-state index in [1.807, 2.05) is 84.9 Å². The summed E-state index contributed by atoms with van der Waals surface area (Å²) in [7, 11) is 0. The molecule has 2 N–H and O–H groups in total. The third-order valence-corrected chi connectivity index (χ3v) is 12.2. The number of ether oxygens (including phenoxy) is 4. The Morgan fingerprint density at radius 3 is 1.78 bits per heavy atom. The highest BCUT2D eigenvalue weighted by atomic mass is 16.5. The van der Waals surface area contributed by atoms with Gasteiger partial charge in [0.15, 0.2) is 34.8 Å². The van der Waals surface area contributed by atoms with Crippen molar-refractivity contribution in [1.82, 2.24) is 14.7 Å². The molecule has 6 heterocycles. The van der Waals surface area contributed by atoms with Crippen LogP contribution in [0.3, 0.4) is 0 Å². The molecule has 0 aliphatic carbocycles. The number of aromatic amines is 1. The summed E-state index contributed by atoms with van der Waals surface area (Å²) >= 11 is 0. The molecule has 8 aromatic rings. The molecular formula is C61H45N7O11. The van der Waals surface area contributed by atoms with Gasteiger partial charge in [0.2, 0.25) is 11.9 Å². The van der Waals surface area contributed by atoms with Crippen LogP contribution in [0.2, 0.25) is 0 Å². The first-order chi connectivity index (χ1) is 38.6. The first-order valence-electron chi connectivity index (χ1n) is 24.6. The van der Waals surface area contributed by atoms with Gasteiger partial charge in [0.1, 0.15) is 11.4 Å². The van der Waals surface area contributed by atoms with Crippen LogP contribution in [0, 0.1) is 10.1 Å². The molecule has 18 nitrogen and oxygen atoms in total. The first kappa shape index (κ1) is 51.5. The Bertz CT molecular complexity index is 3990. The lowest BCUT2D eigenvalue weighted by atomic mass is 10.0. The van der Waals surface area contributed by atoms with E-state index in [1.54, 1.807) is 105 Å². The topological polar surface area (TPSA) is 236 Å². The van der Waals surface area contributed by atoms with E-state index < -0.39 is 5.91 Å². The Labute approximate surface area is 450 Å². The molecule has 0 bridgehead atoms. The second kappa shape index (κ2) is 23.3. The van der Waals surface area contributed by atoms with Gasteiger partial charge in [0.25, 0.3) is 0 Å². The summed E-state index contributed by atoms with van der Waals surface area (Å²) in [4.78, 5) is 62.6. The molecule has 0 saturated heterocycles. The van der Waals surface area contributed by atoms with Crippen molar-refractivity contribution in [3.63, 3.8) is 0 Å². The van der Waals surface area contributed by atoms with Crippen LogP contribution in [-0.4, -0.2) is 62.4 Å². The molecule has 79 heavy (non-hydrogen) atoms. The lowest BCUT2D eigenvalue weighted by Crippen LogP contribution is -2.25. The maximum atomic E-state index is 11.9. The molecular weight excluding hydrogens is 1010 g/mol. The monoisotopic (exact) mass is 1050 g/mol. The molecule has 2 aromatic heterocycles. The largest absolute Gasteiger partial charge is 0.619 e. The average Bonchev–Trinajstić information content (AvgIpc) is 3.89. The van der Waals surface area contributed by atoms with Crippen molar-refractivity contribution in [1.29, 1.82) is 0 Å². The fraction of sp³-hybridized carbons (Fsp3) is 0.0656. The molecule has 0 spiro atoms. The van der Waals surface area contributed by atoms with E-state index in [0.717, 1.165) is 55.2 Å². The maximum Gasteiger partial charge on any atom is 0.338 e. The van der Waals surface area contributed by atoms with Crippen LogP contribution in [0.25, 0.3) is 33.7 Å². The van der Waals surface area contributed by atoms with Crippen molar-refractivity contribution in [2.75, 3.05) is 13.2 Å². The van der Waals surface area contributed by atoms with Gasteiger partial charge in [-0.3, -0.25) is 9.78 Å². The lowest BCUT2D eigenvalue weighted by Gasteiger charge is -2.09. The van der Waals surface area contributed by atoms with Crippen molar-refractivity contribution in [3.8, 4) is 45.6 Å². The quantitative estimate of drug-likeness (QED) is 0.0475. The number of benzene rings is 6.